The topological polar surface area (TPSA) is 102 Å². The maximum Gasteiger partial charge on any atom is 0.315 e. The second-order valence-electron chi connectivity index (χ2n) is 9.25. The van der Waals surface area contributed by atoms with Crippen LogP contribution in [0.15, 0.2) is 54.6 Å². The van der Waals surface area contributed by atoms with E-state index in [9.17, 15) is 14.4 Å². The predicted molar refractivity (Wildman–Crippen MR) is 131 cm³/mol. The fourth-order valence-electron chi connectivity index (χ4n) is 5.31. The Morgan fingerprint density at radius 1 is 1.00 bits per heavy atom. The summed E-state index contributed by atoms with van der Waals surface area (Å²) in [6.45, 7) is 1.17. The van der Waals surface area contributed by atoms with E-state index >= 15 is 0 Å². The van der Waals surface area contributed by atoms with Crippen LogP contribution in [0.2, 0.25) is 0 Å². The smallest absolute Gasteiger partial charge is 0.315 e. The van der Waals surface area contributed by atoms with Gasteiger partial charge in [0, 0.05) is 19.5 Å². The number of rotatable bonds is 9. The standard InChI is InChI=1S/C27H33N3O5/c1-34-22-12-10-20(11-13-22)17-27(14-6-16-30(27)26(28)33)25(32)29-15-5-9-23(29)24(31)19-35-18-21-7-3-2-4-8-21/h2-4,7-8,10-13,23H,5-6,9,14-19H2,1H3,(H2,28,33)/t23-,27-/m0/s1. The highest BCUT2D eigenvalue weighted by Crippen LogP contribution is 2.37. The fraction of sp³-hybridized carbons (Fsp3) is 0.444. The minimum atomic E-state index is -1.10. The van der Waals surface area contributed by atoms with Gasteiger partial charge in [0.2, 0.25) is 5.91 Å². The van der Waals surface area contributed by atoms with E-state index in [0.717, 1.165) is 17.5 Å². The van der Waals surface area contributed by atoms with Crippen LogP contribution < -0.4 is 10.5 Å². The van der Waals surface area contributed by atoms with Gasteiger partial charge in [-0.15, -0.1) is 0 Å². The van der Waals surface area contributed by atoms with Gasteiger partial charge >= 0.3 is 6.03 Å². The van der Waals surface area contributed by atoms with E-state index in [4.69, 9.17) is 15.2 Å². The van der Waals surface area contributed by atoms with Crippen LogP contribution in [0, 0.1) is 0 Å². The highest BCUT2D eigenvalue weighted by Gasteiger charge is 2.53. The van der Waals surface area contributed by atoms with Gasteiger partial charge in [0.15, 0.2) is 5.78 Å². The van der Waals surface area contributed by atoms with Gasteiger partial charge in [-0.1, -0.05) is 42.5 Å². The summed E-state index contributed by atoms with van der Waals surface area (Å²) in [6.07, 6.45) is 2.84. The number of ketones is 1. The monoisotopic (exact) mass is 479 g/mol. The molecule has 8 nitrogen and oxygen atoms in total. The number of urea groups is 1. The van der Waals surface area contributed by atoms with Crippen molar-refractivity contribution >= 4 is 17.7 Å². The number of benzene rings is 2. The van der Waals surface area contributed by atoms with Crippen molar-refractivity contribution in [1.82, 2.24) is 9.80 Å². The van der Waals surface area contributed by atoms with Gasteiger partial charge in [-0.05, 0) is 48.9 Å². The van der Waals surface area contributed by atoms with Gasteiger partial charge < -0.3 is 25.0 Å². The molecule has 4 rings (SSSR count). The highest BCUT2D eigenvalue weighted by atomic mass is 16.5. The number of likely N-dealkylation sites (tertiary alicyclic amines) is 2. The van der Waals surface area contributed by atoms with Crippen molar-refractivity contribution in [3.63, 3.8) is 0 Å². The van der Waals surface area contributed by atoms with E-state index in [0.29, 0.717) is 51.1 Å². The van der Waals surface area contributed by atoms with Gasteiger partial charge in [-0.2, -0.15) is 0 Å². The fourth-order valence-corrected chi connectivity index (χ4v) is 5.31. The number of Topliss-reactive ketones (excluding diaryl/α,β-unsaturated/α-hetero) is 1. The largest absolute Gasteiger partial charge is 0.497 e. The maximum absolute atomic E-state index is 14.1. The molecule has 2 aromatic carbocycles. The predicted octanol–water partition coefficient (Wildman–Crippen LogP) is 2.93. The van der Waals surface area contributed by atoms with Crippen molar-refractivity contribution in [3.05, 3.63) is 65.7 Å². The molecule has 35 heavy (non-hydrogen) atoms. The molecule has 2 aliphatic heterocycles. The molecule has 2 aliphatic rings. The molecule has 2 atom stereocenters. The number of carbonyl (C=O) groups is 3. The quantitative estimate of drug-likeness (QED) is 0.596. The molecule has 2 aromatic rings. The second-order valence-corrected chi connectivity index (χ2v) is 9.25. The lowest BCUT2D eigenvalue weighted by Crippen LogP contribution is -2.62. The molecule has 2 N–H and O–H groups in total. The van der Waals surface area contributed by atoms with E-state index in [1.807, 2.05) is 54.6 Å². The molecular weight excluding hydrogens is 446 g/mol. The zero-order chi connectivity index (χ0) is 24.8. The van der Waals surface area contributed by atoms with Crippen molar-refractivity contribution in [2.24, 2.45) is 5.73 Å². The summed E-state index contributed by atoms with van der Waals surface area (Å²) >= 11 is 0. The van der Waals surface area contributed by atoms with Crippen LogP contribution in [0.3, 0.4) is 0 Å². The van der Waals surface area contributed by atoms with E-state index in [2.05, 4.69) is 0 Å². The van der Waals surface area contributed by atoms with Crippen molar-refractivity contribution in [2.75, 3.05) is 26.8 Å². The van der Waals surface area contributed by atoms with Crippen LogP contribution in [-0.2, 0) is 27.4 Å². The molecule has 0 spiro atoms. The third-order valence-electron chi connectivity index (χ3n) is 7.05. The molecule has 0 bridgehead atoms. The maximum atomic E-state index is 14.1. The van der Waals surface area contributed by atoms with Gasteiger partial charge in [0.1, 0.15) is 17.9 Å². The number of nitrogens with two attached hydrogens (primary N) is 1. The first-order chi connectivity index (χ1) is 16.9. The Bertz CT molecular complexity index is 1040. The SMILES string of the molecule is COc1ccc(C[C@]2(C(=O)N3CCC[C@H]3C(=O)COCc3ccccc3)CCCN2C(N)=O)cc1. The summed E-state index contributed by atoms with van der Waals surface area (Å²) in [5, 5.41) is 0. The lowest BCUT2D eigenvalue weighted by Gasteiger charge is -2.40. The van der Waals surface area contributed by atoms with Gasteiger partial charge in [0.25, 0.3) is 0 Å². The first kappa shape index (κ1) is 24.7. The summed E-state index contributed by atoms with van der Waals surface area (Å²) in [7, 11) is 1.60. The summed E-state index contributed by atoms with van der Waals surface area (Å²) in [4.78, 5) is 42.7. The Kier molecular flexibility index (Phi) is 7.70. The van der Waals surface area contributed by atoms with Crippen molar-refractivity contribution in [1.29, 1.82) is 0 Å². The minimum Gasteiger partial charge on any atom is -0.497 e. The number of hydrogen-bond acceptors (Lipinski definition) is 5. The molecule has 186 valence electrons. The average Bonchev–Trinajstić information content (AvgIpc) is 3.53. The van der Waals surface area contributed by atoms with E-state index in [-0.39, 0.29) is 18.3 Å². The first-order valence-corrected chi connectivity index (χ1v) is 12.1. The normalized spacial score (nSPS) is 21.8. The van der Waals surface area contributed by atoms with E-state index in [1.54, 1.807) is 12.0 Å². The van der Waals surface area contributed by atoms with Gasteiger partial charge in [0.05, 0.1) is 19.8 Å². The Labute approximate surface area is 206 Å². The molecule has 2 heterocycles. The molecule has 3 amide bonds. The Morgan fingerprint density at radius 3 is 2.43 bits per heavy atom. The number of carbonyl (C=O) groups excluding carboxylic acids is 3. The zero-order valence-corrected chi connectivity index (χ0v) is 20.2. The van der Waals surface area contributed by atoms with E-state index in [1.165, 1.54) is 4.90 Å². The molecule has 0 radical (unpaired) electrons. The van der Waals surface area contributed by atoms with Crippen LogP contribution in [0.25, 0.3) is 0 Å². The number of methoxy groups -OCH3 is 1. The lowest BCUT2D eigenvalue weighted by molar-refractivity contribution is -0.147. The van der Waals surface area contributed by atoms with Crippen LogP contribution in [0.1, 0.15) is 36.8 Å². The zero-order valence-electron chi connectivity index (χ0n) is 20.2. The van der Waals surface area contributed by atoms with Gasteiger partial charge in [-0.25, -0.2) is 4.79 Å². The molecule has 2 saturated heterocycles. The molecule has 8 heteroatoms. The van der Waals surface area contributed by atoms with Crippen LogP contribution in [0.5, 0.6) is 5.75 Å². The third kappa shape index (κ3) is 5.32. The summed E-state index contributed by atoms with van der Waals surface area (Å²) in [5.74, 6) is 0.395. The van der Waals surface area contributed by atoms with Crippen molar-refractivity contribution in [3.8, 4) is 5.75 Å². The average molecular weight is 480 g/mol. The number of nitrogens with zero attached hydrogens (tertiary/aromatic N) is 2. The number of hydrogen-bond donors (Lipinski definition) is 1. The number of ether oxygens (including phenoxy) is 2. The Balaban J connectivity index is 1.51. The molecular formula is C27H33N3O5. The molecule has 2 fully saturated rings. The minimum absolute atomic E-state index is 0.0612. The third-order valence-corrected chi connectivity index (χ3v) is 7.05. The number of primary amides is 1. The van der Waals surface area contributed by atoms with E-state index < -0.39 is 17.6 Å². The lowest BCUT2D eigenvalue weighted by atomic mass is 9.86. The highest BCUT2D eigenvalue weighted by molar-refractivity contribution is 5.96. The summed E-state index contributed by atoms with van der Waals surface area (Å²) in [6, 6.07) is 16.0. The summed E-state index contributed by atoms with van der Waals surface area (Å²) in [5.41, 5.74) is 6.52. The van der Waals surface area contributed by atoms with Crippen LogP contribution >= 0.6 is 0 Å². The molecule has 0 unspecified atom stereocenters. The van der Waals surface area contributed by atoms with Crippen LogP contribution in [0.4, 0.5) is 4.79 Å². The Morgan fingerprint density at radius 2 is 1.74 bits per heavy atom. The molecule has 0 aromatic heterocycles. The molecule has 0 saturated carbocycles. The second kappa shape index (κ2) is 10.9. The molecule has 0 aliphatic carbocycles. The number of amides is 3. The van der Waals surface area contributed by atoms with Crippen molar-refractivity contribution < 1.29 is 23.9 Å². The van der Waals surface area contributed by atoms with Crippen molar-refractivity contribution in [2.45, 2.75) is 50.3 Å². The first-order valence-electron chi connectivity index (χ1n) is 12.1. The summed E-state index contributed by atoms with van der Waals surface area (Å²) < 4.78 is 10.9. The Hall–Kier alpha value is -3.39. The van der Waals surface area contributed by atoms with Gasteiger partial charge in [-0.3, -0.25) is 9.59 Å². The van der Waals surface area contributed by atoms with Crippen LogP contribution in [-0.4, -0.2) is 65.9 Å².